The first-order chi connectivity index (χ1) is 10.8. The first-order valence-corrected chi connectivity index (χ1v) is 8.29. The fourth-order valence-corrected chi connectivity index (χ4v) is 3.48. The quantitative estimate of drug-likeness (QED) is 0.801. The van der Waals surface area contributed by atoms with Crippen LogP contribution in [0.2, 0.25) is 0 Å². The van der Waals surface area contributed by atoms with Crippen molar-refractivity contribution in [2.75, 3.05) is 24.3 Å². The lowest BCUT2D eigenvalue weighted by Gasteiger charge is -2.34. The monoisotopic (exact) mass is 314 g/mol. The zero-order chi connectivity index (χ0) is 16.8. The molecular formula is C19H26N2O2. The summed E-state index contributed by atoms with van der Waals surface area (Å²) in [5.74, 6) is 1.37. The molecule has 0 bridgehead atoms. The van der Waals surface area contributed by atoms with Crippen LogP contribution in [0.15, 0.2) is 18.2 Å². The van der Waals surface area contributed by atoms with Gasteiger partial charge in [0, 0.05) is 24.4 Å². The zero-order valence-corrected chi connectivity index (χ0v) is 14.5. The standard InChI is InChI=1S/C19H26N2O2/c1-19(2,3)13-7-5-12(6-8-13)14-9-16-17(10-15(14)20)23-11-18(22)21(16)4/h5,9-10,13H,6-8,11,20H2,1-4H3. The fourth-order valence-electron chi connectivity index (χ4n) is 3.48. The third-order valence-electron chi connectivity index (χ3n) is 5.20. The van der Waals surface area contributed by atoms with Crippen molar-refractivity contribution in [3.8, 4) is 5.75 Å². The van der Waals surface area contributed by atoms with Gasteiger partial charge in [-0.15, -0.1) is 0 Å². The molecule has 3 rings (SSSR count). The Bertz CT molecular complexity index is 671. The van der Waals surface area contributed by atoms with Crippen molar-refractivity contribution in [1.29, 1.82) is 0 Å². The molecule has 2 N–H and O–H groups in total. The van der Waals surface area contributed by atoms with E-state index in [0.29, 0.717) is 17.1 Å². The molecule has 23 heavy (non-hydrogen) atoms. The minimum absolute atomic E-state index is 0.0290. The lowest BCUT2D eigenvalue weighted by molar-refractivity contribution is -0.120. The van der Waals surface area contributed by atoms with E-state index in [1.807, 2.05) is 12.1 Å². The SMILES string of the molecule is CN1C(=O)COc2cc(N)c(C3=CCC(C(C)(C)C)CC3)cc21. The topological polar surface area (TPSA) is 55.6 Å². The lowest BCUT2D eigenvalue weighted by atomic mass is 9.72. The molecule has 1 aliphatic heterocycles. The summed E-state index contributed by atoms with van der Waals surface area (Å²) < 4.78 is 5.50. The molecular weight excluding hydrogens is 288 g/mol. The average molecular weight is 314 g/mol. The van der Waals surface area contributed by atoms with E-state index in [4.69, 9.17) is 10.5 Å². The molecule has 1 amide bonds. The number of likely N-dealkylation sites (N-methyl/N-ethyl adjacent to an activating group) is 1. The Kier molecular flexibility index (Phi) is 3.86. The maximum atomic E-state index is 11.8. The highest BCUT2D eigenvalue weighted by molar-refractivity contribution is 5.98. The van der Waals surface area contributed by atoms with Gasteiger partial charge in [0.1, 0.15) is 5.75 Å². The number of hydrogen-bond acceptors (Lipinski definition) is 3. The highest BCUT2D eigenvalue weighted by Gasteiger charge is 2.28. The Morgan fingerprint density at radius 3 is 2.65 bits per heavy atom. The Labute approximate surface area is 138 Å². The van der Waals surface area contributed by atoms with Gasteiger partial charge in [-0.05, 0) is 42.2 Å². The van der Waals surface area contributed by atoms with E-state index in [9.17, 15) is 4.79 Å². The van der Waals surface area contributed by atoms with Crippen LogP contribution in [-0.4, -0.2) is 19.6 Å². The molecule has 4 heteroatoms. The van der Waals surface area contributed by atoms with E-state index >= 15 is 0 Å². The second-order valence-corrected chi connectivity index (χ2v) is 7.72. The number of benzene rings is 1. The van der Waals surface area contributed by atoms with E-state index in [1.54, 1.807) is 11.9 Å². The Balaban J connectivity index is 1.93. The number of amides is 1. The van der Waals surface area contributed by atoms with Crippen molar-refractivity contribution in [2.24, 2.45) is 11.3 Å². The van der Waals surface area contributed by atoms with Gasteiger partial charge in [-0.25, -0.2) is 0 Å². The van der Waals surface area contributed by atoms with Gasteiger partial charge in [0.25, 0.3) is 5.91 Å². The Morgan fingerprint density at radius 2 is 2.04 bits per heavy atom. The number of nitrogens with two attached hydrogens (primary N) is 1. The van der Waals surface area contributed by atoms with Gasteiger partial charge < -0.3 is 15.4 Å². The molecule has 0 fully saturated rings. The van der Waals surface area contributed by atoms with Gasteiger partial charge in [-0.3, -0.25) is 4.79 Å². The second kappa shape index (κ2) is 5.59. The normalized spacial score (nSPS) is 21.6. The van der Waals surface area contributed by atoms with Crippen molar-refractivity contribution in [1.82, 2.24) is 0 Å². The van der Waals surface area contributed by atoms with Crippen LogP contribution in [0.5, 0.6) is 5.75 Å². The number of carbonyl (C=O) groups excluding carboxylic acids is 1. The number of fused-ring (bicyclic) bond motifs is 1. The third kappa shape index (κ3) is 2.94. The molecule has 1 aliphatic carbocycles. The van der Waals surface area contributed by atoms with Crippen molar-refractivity contribution in [2.45, 2.75) is 40.0 Å². The van der Waals surface area contributed by atoms with Gasteiger partial charge in [-0.2, -0.15) is 0 Å². The summed E-state index contributed by atoms with van der Waals surface area (Å²) in [6.45, 7) is 7.00. The molecule has 0 saturated carbocycles. The van der Waals surface area contributed by atoms with Crippen molar-refractivity contribution >= 4 is 22.9 Å². The number of rotatable bonds is 1. The molecule has 1 aromatic carbocycles. The van der Waals surface area contributed by atoms with Crippen molar-refractivity contribution in [3.63, 3.8) is 0 Å². The highest BCUT2D eigenvalue weighted by atomic mass is 16.5. The van der Waals surface area contributed by atoms with Gasteiger partial charge in [0.05, 0.1) is 5.69 Å². The molecule has 1 aromatic rings. The van der Waals surface area contributed by atoms with E-state index in [1.165, 1.54) is 12.0 Å². The number of carbonyl (C=O) groups is 1. The molecule has 0 saturated heterocycles. The van der Waals surface area contributed by atoms with E-state index in [0.717, 1.165) is 29.8 Å². The summed E-state index contributed by atoms with van der Waals surface area (Å²) >= 11 is 0. The van der Waals surface area contributed by atoms with Crippen LogP contribution in [-0.2, 0) is 4.79 Å². The molecule has 1 heterocycles. The van der Waals surface area contributed by atoms with Crippen LogP contribution in [0, 0.1) is 11.3 Å². The molecule has 124 valence electrons. The Hall–Kier alpha value is -1.97. The predicted molar refractivity (Wildman–Crippen MR) is 94.5 cm³/mol. The van der Waals surface area contributed by atoms with Crippen LogP contribution in [0.4, 0.5) is 11.4 Å². The fraction of sp³-hybridized carbons (Fsp3) is 0.526. The summed E-state index contributed by atoms with van der Waals surface area (Å²) in [6, 6.07) is 3.86. The van der Waals surface area contributed by atoms with Crippen LogP contribution < -0.4 is 15.4 Å². The number of nitrogens with zero attached hydrogens (tertiary/aromatic N) is 1. The molecule has 4 nitrogen and oxygen atoms in total. The zero-order valence-electron chi connectivity index (χ0n) is 14.5. The molecule has 1 unspecified atom stereocenters. The lowest BCUT2D eigenvalue weighted by Crippen LogP contribution is -2.35. The molecule has 0 spiro atoms. The van der Waals surface area contributed by atoms with E-state index < -0.39 is 0 Å². The smallest absolute Gasteiger partial charge is 0.264 e. The Morgan fingerprint density at radius 1 is 1.30 bits per heavy atom. The largest absolute Gasteiger partial charge is 0.481 e. The van der Waals surface area contributed by atoms with Crippen LogP contribution in [0.1, 0.15) is 45.6 Å². The molecule has 1 atom stereocenters. The maximum absolute atomic E-state index is 11.8. The number of anilines is 2. The highest BCUT2D eigenvalue weighted by Crippen LogP contribution is 2.43. The molecule has 2 aliphatic rings. The third-order valence-corrected chi connectivity index (χ3v) is 5.20. The van der Waals surface area contributed by atoms with Gasteiger partial charge in [0.2, 0.25) is 0 Å². The minimum Gasteiger partial charge on any atom is -0.481 e. The number of ether oxygens (including phenoxy) is 1. The van der Waals surface area contributed by atoms with Crippen LogP contribution in [0.3, 0.4) is 0 Å². The summed E-state index contributed by atoms with van der Waals surface area (Å²) in [5.41, 5.74) is 10.5. The number of allylic oxidation sites excluding steroid dienone is 2. The first kappa shape index (κ1) is 15.9. The van der Waals surface area contributed by atoms with Gasteiger partial charge in [0.15, 0.2) is 6.61 Å². The van der Waals surface area contributed by atoms with Gasteiger partial charge >= 0.3 is 0 Å². The summed E-state index contributed by atoms with van der Waals surface area (Å²) in [7, 11) is 1.79. The minimum atomic E-state index is -0.0290. The first-order valence-electron chi connectivity index (χ1n) is 8.29. The second-order valence-electron chi connectivity index (χ2n) is 7.72. The van der Waals surface area contributed by atoms with Crippen LogP contribution >= 0.6 is 0 Å². The van der Waals surface area contributed by atoms with Crippen molar-refractivity contribution < 1.29 is 9.53 Å². The summed E-state index contributed by atoms with van der Waals surface area (Å²) in [6.07, 6.45) is 5.62. The summed E-state index contributed by atoms with van der Waals surface area (Å²) in [4.78, 5) is 13.5. The van der Waals surface area contributed by atoms with Crippen LogP contribution in [0.25, 0.3) is 5.57 Å². The molecule has 0 radical (unpaired) electrons. The van der Waals surface area contributed by atoms with Crippen molar-refractivity contribution in [3.05, 3.63) is 23.8 Å². The summed E-state index contributed by atoms with van der Waals surface area (Å²) in [5, 5.41) is 0. The molecule has 0 aromatic heterocycles. The maximum Gasteiger partial charge on any atom is 0.264 e. The van der Waals surface area contributed by atoms with Gasteiger partial charge in [-0.1, -0.05) is 26.8 Å². The van der Waals surface area contributed by atoms with E-state index in [2.05, 4.69) is 26.8 Å². The number of hydrogen-bond donors (Lipinski definition) is 1. The van der Waals surface area contributed by atoms with E-state index in [-0.39, 0.29) is 12.5 Å². The number of nitrogen functional groups attached to an aromatic ring is 1. The average Bonchev–Trinajstić information content (AvgIpc) is 2.50. The predicted octanol–water partition coefficient (Wildman–Crippen LogP) is 3.85.